The molecule has 0 aliphatic rings. The fourth-order valence-electron chi connectivity index (χ4n) is 3.50. The van der Waals surface area contributed by atoms with Crippen LogP contribution in [-0.4, -0.2) is 63.7 Å². The van der Waals surface area contributed by atoms with E-state index in [4.69, 9.17) is 9.47 Å². The van der Waals surface area contributed by atoms with Crippen molar-refractivity contribution in [2.45, 2.75) is 52.7 Å². The number of anilines is 1. The summed E-state index contributed by atoms with van der Waals surface area (Å²) in [6, 6.07) is 12.8. The molecule has 198 valence electrons. The fraction of sp³-hybridized carbons (Fsp3) is 0.462. The van der Waals surface area contributed by atoms with Crippen molar-refractivity contribution in [2.24, 2.45) is 0 Å². The van der Waals surface area contributed by atoms with Gasteiger partial charge < -0.3 is 19.7 Å². The molecule has 0 aliphatic heterocycles. The number of nitrogens with zero attached hydrogens (tertiary/aromatic N) is 2. The zero-order valence-corrected chi connectivity index (χ0v) is 22.7. The molecule has 2 rings (SSSR count). The third kappa shape index (κ3) is 8.15. The number of benzene rings is 2. The molecule has 0 spiro atoms. The van der Waals surface area contributed by atoms with E-state index in [0.29, 0.717) is 23.8 Å². The number of nitrogens with one attached hydrogen (secondary N) is 1. The van der Waals surface area contributed by atoms with Gasteiger partial charge in [-0.1, -0.05) is 19.1 Å². The van der Waals surface area contributed by atoms with Crippen LogP contribution in [0.4, 0.5) is 5.69 Å². The highest BCUT2D eigenvalue weighted by atomic mass is 32.2. The van der Waals surface area contributed by atoms with Crippen molar-refractivity contribution >= 4 is 27.5 Å². The Kier molecular flexibility index (Phi) is 10.6. The van der Waals surface area contributed by atoms with Crippen molar-refractivity contribution in [2.75, 3.05) is 30.8 Å². The third-order valence-electron chi connectivity index (χ3n) is 5.77. The molecule has 0 heterocycles. The Balaban J connectivity index is 2.38. The van der Waals surface area contributed by atoms with Gasteiger partial charge in [-0.15, -0.1) is 0 Å². The first kappa shape index (κ1) is 29.0. The van der Waals surface area contributed by atoms with E-state index in [-0.39, 0.29) is 18.5 Å². The lowest BCUT2D eigenvalue weighted by Gasteiger charge is -2.32. The average Bonchev–Trinajstić information content (AvgIpc) is 2.85. The van der Waals surface area contributed by atoms with Crippen LogP contribution >= 0.6 is 0 Å². The van der Waals surface area contributed by atoms with Crippen LogP contribution in [0.25, 0.3) is 0 Å². The van der Waals surface area contributed by atoms with Crippen LogP contribution in [0.15, 0.2) is 48.5 Å². The molecule has 2 aromatic carbocycles. The van der Waals surface area contributed by atoms with Crippen molar-refractivity contribution in [1.82, 2.24) is 10.2 Å². The summed E-state index contributed by atoms with van der Waals surface area (Å²) in [5, 5.41) is 2.90. The zero-order chi connectivity index (χ0) is 26.9. The maximum atomic E-state index is 13.6. The van der Waals surface area contributed by atoms with E-state index in [1.165, 1.54) is 4.90 Å². The van der Waals surface area contributed by atoms with E-state index in [0.717, 1.165) is 22.5 Å². The van der Waals surface area contributed by atoms with Crippen molar-refractivity contribution in [3.63, 3.8) is 0 Å². The molecule has 0 aromatic heterocycles. The van der Waals surface area contributed by atoms with Crippen LogP contribution < -0.4 is 19.1 Å². The normalized spacial score (nSPS) is 12.8. The van der Waals surface area contributed by atoms with Crippen LogP contribution in [0.5, 0.6) is 11.5 Å². The van der Waals surface area contributed by atoms with Gasteiger partial charge in [0.15, 0.2) is 0 Å². The first-order chi connectivity index (χ1) is 17.0. The fourth-order valence-corrected chi connectivity index (χ4v) is 4.35. The molecular formula is C26H37N3O6S. The topological polar surface area (TPSA) is 105 Å². The van der Waals surface area contributed by atoms with Gasteiger partial charge in [0.05, 0.1) is 25.7 Å². The lowest BCUT2D eigenvalue weighted by Crippen LogP contribution is -2.52. The van der Waals surface area contributed by atoms with Crippen molar-refractivity contribution < 1.29 is 27.5 Å². The van der Waals surface area contributed by atoms with Crippen molar-refractivity contribution in [1.29, 1.82) is 0 Å². The minimum absolute atomic E-state index is 0.0647. The molecule has 0 unspecified atom stereocenters. The number of methoxy groups -OCH3 is 1. The number of amides is 2. The van der Waals surface area contributed by atoms with Gasteiger partial charge in [-0.25, -0.2) is 8.42 Å². The SMILES string of the molecule is CCOc1ccc(N(CC(=O)N(Cc2cccc(OC)c2)[C@@H](C)C(=O)N[C@@H](C)CC)S(C)(=O)=O)cc1. The van der Waals surface area contributed by atoms with Gasteiger partial charge in [0, 0.05) is 12.6 Å². The van der Waals surface area contributed by atoms with E-state index in [1.807, 2.05) is 26.8 Å². The van der Waals surface area contributed by atoms with E-state index in [2.05, 4.69) is 5.32 Å². The van der Waals surface area contributed by atoms with Crippen molar-refractivity contribution in [3.8, 4) is 11.5 Å². The van der Waals surface area contributed by atoms with Crippen LogP contribution in [-0.2, 0) is 26.2 Å². The number of rotatable bonds is 13. The summed E-state index contributed by atoms with van der Waals surface area (Å²) in [5.41, 5.74) is 1.07. The lowest BCUT2D eigenvalue weighted by molar-refractivity contribution is -0.139. The van der Waals surface area contributed by atoms with Crippen LogP contribution in [0.3, 0.4) is 0 Å². The molecule has 0 fully saturated rings. The van der Waals surface area contributed by atoms with E-state index in [9.17, 15) is 18.0 Å². The van der Waals surface area contributed by atoms with Crippen LogP contribution in [0, 0.1) is 0 Å². The summed E-state index contributed by atoms with van der Waals surface area (Å²) >= 11 is 0. The summed E-state index contributed by atoms with van der Waals surface area (Å²) < 4.78 is 37.1. The van der Waals surface area contributed by atoms with E-state index >= 15 is 0 Å². The van der Waals surface area contributed by atoms with Gasteiger partial charge in [-0.2, -0.15) is 0 Å². The summed E-state index contributed by atoms with van der Waals surface area (Å²) in [5.74, 6) is 0.385. The smallest absolute Gasteiger partial charge is 0.244 e. The highest BCUT2D eigenvalue weighted by Gasteiger charge is 2.30. The highest BCUT2D eigenvalue weighted by Crippen LogP contribution is 2.23. The summed E-state index contributed by atoms with van der Waals surface area (Å²) in [4.78, 5) is 27.9. The number of carbonyl (C=O) groups excluding carboxylic acids is 2. The van der Waals surface area contributed by atoms with Gasteiger partial charge >= 0.3 is 0 Å². The lowest BCUT2D eigenvalue weighted by atomic mass is 10.1. The number of hydrogen-bond acceptors (Lipinski definition) is 6. The number of ether oxygens (including phenoxy) is 2. The second-order valence-corrected chi connectivity index (χ2v) is 10.5. The highest BCUT2D eigenvalue weighted by molar-refractivity contribution is 7.92. The standard InChI is InChI=1S/C26H37N3O6S/c1-7-19(3)27-26(31)20(4)28(17-21-10-9-11-24(16-21)34-5)25(30)18-29(36(6,32)33)22-12-14-23(15-13-22)35-8-2/h9-16,19-20H,7-8,17-18H2,1-6H3,(H,27,31)/t19-,20-/m0/s1. The Morgan fingerprint density at radius 2 is 1.69 bits per heavy atom. The molecule has 1 N–H and O–H groups in total. The first-order valence-electron chi connectivity index (χ1n) is 11.9. The van der Waals surface area contributed by atoms with Crippen molar-refractivity contribution in [3.05, 3.63) is 54.1 Å². The summed E-state index contributed by atoms with van der Waals surface area (Å²) in [7, 11) is -2.25. The first-order valence-corrected chi connectivity index (χ1v) is 13.8. The van der Waals surface area contributed by atoms with Crippen LogP contribution in [0.2, 0.25) is 0 Å². The van der Waals surface area contributed by atoms with E-state index in [1.54, 1.807) is 56.5 Å². The predicted octanol–water partition coefficient (Wildman–Crippen LogP) is 3.19. The Labute approximate surface area is 214 Å². The molecule has 2 aromatic rings. The molecule has 10 heteroatoms. The largest absolute Gasteiger partial charge is 0.497 e. The number of hydrogen-bond donors (Lipinski definition) is 1. The molecule has 0 radical (unpaired) electrons. The molecular weight excluding hydrogens is 482 g/mol. The molecule has 36 heavy (non-hydrogen) atoms. The number of sulfonamides is 1. The molecule has 2 atom stereocenters. The maximum Gasteiger partial charge on any atom is 0.244 e. The monoisotopic (exact) mass is 519 g/mol. The average molecular weight is 520 g/mol. The molecule has 0 bridgehead atoms. The van der Waals surface area contributed by atoms with Gasteiger partial charge in [0.25, 0.3) is 0 Å². The van der Waals surface area contributed by atoms with E-state index < -0.39 is 28.5 Å². The summed E-state index contributed by atoms with van der Waals surface area (Å²) in [6.07, 6.45) is 1.78. The third-order valence-corrected chi connectivity index (χ3v) is 6.91. The minimum Gasteiger partial charge on any atom is -0.497 e. The molecule has 9 nitrogen and oxygen atoms in total. The Morgan fingerprint density at radius 3 is 2.25 bits per heavy atom. The Hall–Kier alpha value is -3.27. The quantitative estimate of drug-likeness (QED) is 0.436. The Morgan fingerprint density at radius 1 is 1.03 bits per heavy atom. The molecule has 0 saturated heterocycles. The molecule has 0 aliphatic carbocycles. The maximum absolute atomic E-state index is 13.6. The van der Waals surface area contributed by atoms with Gasteiger partial charge in [-0.3, -0.25) is 13.9 Å². The van der Waals surface area contributed by atoms with Gasteiger partial charge in [0.1, 0.15) is 24.1 Å². The minimum atomic E-state index is -3.80. The second-order valence-electron chi connectivity index (χ2n) is 8.56. The molecule has 0 saturated carbocycles. The predicted molar refractivity (Wildman–Crippen MR) is 141 cm³/mol. The Bertz CT molecular complexity index is 1120. The van der Waals surface area contributed by atoms with Gasteiger partial charge in [-0.05, 0) is 69.2 Å². The second kappa shape index (κ2) is 13.2. The van der Waals surface area contributed by atoms with Crippen LogP contribution in [0.1, 0.15) is 39.7 Å². The summed E-state index contributed by atoms with van der Waals surface area (Å²) in [6.45, 7) is 7.45. The zero-order valence-electron chi connectivity index (χ0n) is 21.9. The van der Waals surface area contributed by atoms with Gasteiger partial charge in [0.2, 0.25) is 21.8 Å². The number of carbonyl (C=O) groups is 2. The molecule has 2 amide bonds.